The standard InChI is InChI=1S/C14H11NO.C7H8/c15-10-11-5-4-8-13(9-11)14(16)12-6-2-1-3-7-12;1-7-5-3-2-4-6-7/h1-9,14,16H;2-6H,1H3. The van der Waals surface area contributed by atoms with Gasteiger partial charge in [0.2, 0.25) is 0 Å². The van der Waals surface area contributed by atoms with Crippen LogP contribution in [-0.4, -0.2) is 5.11 Å². The van der Waals surface area contributed by atoms with Gasteiger partial charge in [-0.15, -0.1) is 0 Å². The Bertz CT molecular complexity index is 761. The maximum absolute atomic E-state index is 10.1. The third-order valence-corrected chi connectivity index (χ3v) is 3.39. The minimum atomic E-state index is -0.672. The Labute approximate surface area is 137 Å². The van der Waals surface area contributed by atoms with E-state index in [1.807, 2.05) is 54.6 Å². The van der Waals surface area contributed by atoms with Gasteiger partial charge in [0, 0.05) is 0 Å². The van der Waals surface area contributed by atoms with Crippen molar-refractivity contribution in [3.05, 3.63) is 107 Å². The van der Waals surface area contributed by atoms with Crippen LogP contribution in [0.25, 0.3) is 0 Å². The van der Waals surface area contributed by atoms with Crippen molar-refractivity contribution in [1.82, 2.24) is 0 Å². The second kappa shape index (κ2) is 8.53. The molecule has 1 unspecified atom stereocenters. The summed E-state index contributed by atoms with van der Waals surface area (Å²) in [5, 5.41) is 18.9. The summed E-state index contributed by atoms with van der Waals surface area (Å²) in [6.07, 6.45) is -0.672. The molecule has 1 N–H and O–H groups in total. The molecule has 0 aliphatic carbocycles. The van der Waals surface area contributed by atoms with E-state index in [0.29, 0.717) is 5.56 Å². The quantitative estimate of drug-likeness (QED) is 0.749. The minimum absolute atomic E-state index is 0.562. The average molecular weight is 301 g/mol. The first kappa shape index (κ1) is 16.5. The van der Waals surface area contributed by atoms with Crippen LogP contribution in [0.1, 0.15) is 28.4 Å². The number of aryl methyl sites for hydroxylation is 1. The molecule has 0 saturated heterocycles. The minimum Gasteiger partial charge on any atom is -0.384 e. The Kier molecular flexibility index (Phi) is 6.11. The van der Waals surface area contributed by atoms with E-state index in [1.165, 1.54) is 5.56 Å². The highest BCUT2D eigenvalue weighted by Gasteiger charge is 2.09. The second-order valence-corrected chi connectivity index (χ2v) is 5.21. The van der Waals surface area contributed by atoms with Gasteiger partial charge in [0.15, 0.2) is 0 Å². The molecule has 114 valence electrons. The molecule has 0 amide bonds. The number of nitriles is 1. The van der Waals surface area contributed by atoms with Crippen molar-refractivity contribution in [2.75, 3.05) is 0 Å². The summed E-state index contributed by atoms with van der Waals surface area (Å²) in [5.41, 5.74) is 3.46. The van der Waals surface area contributed by atoms with Gasteiger partial charge in [-0.2, -0.15) is 5.26 Å². The van der Waals surface area contributed by atoms with Crippen LogP contribution in [0.3, 0.4) is 0 Å². The molecule has 0 aromatic heterocycles. The van der Waals surface area contributed by atoms with E-state index >= 15 is 0 Å². The topological polar surface area (TPSA) is 44.0 Å². The van der Waals surface area contributed by atoms with Crippen molar-refractivity contribution >= 4 is 0 Å². The van der Waals surface area contributed by atoms with Crippen LogP contribution < -0.4 is 0 Å². The van der Waals surface area contributed by atoms with Gasteiger partial charge in [0.25, 0.3) is 0 Å². The number of hydrogen-bond acceptors (Lipinski definition) is 2. The van der Waals surface area contributed by atoms with Crippen LogP contribution in [-0.2, 0) is 0 Å². The molecule has 23 heavy (non-hydrogen) atoms. The fourth-order valence-electron chi connectivity index (χ4n) is 2.14. The first-order chi connectivity index (χ1) is 11.2. The number of aliphatic hydroxyl groups is 1. The van der Waals surface area contributed by atoms with Gasteiger partial charge >= 0.3 is 0 Å². The number of aliphatic hydroxyl groups excluding tert-OH is 1. The number of nitrogens with zero attached hydrogens (tertiary/aromatic N) is 1. The molecule has 2 nitrogen and oxygen atoms in total. The van der Waals surface area contributed by atoms with E-state index in [9.17, 15) is 5.11 Å². The van der Waals surface area contributed by atoms with Crippen molar-refractivity contribution in [2.45, 2.75) is 13.0 Å². The fraction of sp³-hybridized carbons (Fsp3) is 0.0952. The summed E-state index contributed by atoms with van der Waals surface area (Å²) < 4.78 is 0. The highest BCUT2D eigenvalue weighted by atomic mass is 16.3. The maximum atomic E-state index is 10.1. The van der Waals surface area contributed by atoms with Gasteiger partial charge < -0.3 is 5.11 Å². The first-order valence-electron chi connectivity index (χ1n) is 7.45. The van der Waals surface area contributed by atoms with Crippen LogP contribution in [0.2, 0.25) is 0 Å². The highest BCUT2D eigenvalue weighted by Crippen LogP contribution is 2.21. The summed E-state index contributed by atoms with van der Waals surface area (Å²) in [5.74, 6) is 0. The molecule has 0 radical (unpaired) electrons. The molecule has 0 bridgehead atoms. The maximum Gasteiger partial charge on any atom is 0.104 e. The zero-order chi connectivity index (χ0) is 16.5. The van der Waals surface area contributed by atoms with Crippen molar-refractivity contribution in [1.29, 1.82) is 5.26 Å². The summed E-state index contributed by atoms with van der Waals surface area (Å²) in [7, 11) is 0. The largest absolute Gasteiger partial charge is 0.384 e. The molecule has 0 aliphatic rings. The highest BCUT2D eigenvalue weighted by molar-refractivity contribution is 5.37. The van der Waals surface area contributed by atoms with Crippen LogP contribution >= 0.6 is 0 Å². The second-order valence-electron chi connectivity index (χ2n) is 5.21. The zero-order valence-electron chi connectivity index (χ0n) is 13.1. The van der Waals surface area contributed by atoms with Gasteiger partial charge in [-0.3, -0.25) is 0 Å². The van der Waals surface area contributed by atoms with E-state index in [0.717, 1.165) is 11.1 Å². The zero-order valence-corrected chi connectivity index (χ0v) is 13.1. The summed E-state index contributed by atoms with van der Waals surface area (Å²) in [4.78, 5) is 0. The van der Waals surface area contributed by atoms with Crippen LogP contribution in [0.5, 0.6) is 0 Å². The molecule has 2 heteroatoms. The molecular weight excluding hydrogens is 282 g/mol. The lowest BCUT2D eigenvalue weighted by Gasteiger charge is -2.11. The van der Waals surface area contributed by atoms with Crippen LogP contribution in [0.15, 0.2) is 84.9 Å². The lowest BCUT2D eigenvalue weighted by atomic mass is 10.0. The van der Waals surface area contributed by atoms with Crippen molar-refractivity contribution in [3.63, 3.8) is 0 Å². The van der Waals surface area contributed by atoms with Gasteiger partial charge in [0.05, 0.1) is 11.6 Å². The van der Waals surface area contributed by atoms with E-state index < -0.39 is 6.10 Å². The van der Waals surface area contributed by atoms with Gasteiger partial charge in [-0.25, -0.2) is 0 Å². The summed E-state index contributed by atoms with van der Waals surface area (Å²) >= 11 is 0. The van der Waals surface area contributed by atoms with E-state index in [-0.39, 0.29) is 0 Å². The van der Waals surface area contributed by atoms with Crippen molar-refractivity contribution in [3.8, 4) is 6.07 Å². The number of hydrogen-bond donors (Lipinski definition) is 1. The molecule has 0 heterocycles. The molecule has 1 atom stereocenters. The van der Waals surface area contributed by atoms with Crippen molar-refractivity contribution in [2.24, 2.45) is 0 Å². The van der Waals surface area contributed by atoms with E-state index in [4.69, 9.17) is 5.26 Å². The number of benzene rings is 3. The Morgan fingerprint density at radius 1 is 0.783 bits per heavy atom. The molecule has 3 aromatic carbocycles. The molecule has 0 saturated carbocycles. The fourth-order valence-corrected chi connectivity index (χ4v) is 2.14. The predicted octanol–water partition coefficient (Wildman–Crippen LogP) is 4.64. The third-order valence-electron chi connectivity index (χ3n) is 3.39. The third kappa shape index (κ3) is 5.10. The van der Waals surface area contributed by atoms with Crippen molar-refractivity contribution < 1.29 is 5.11 Å². The van der Waals surface area contributed by atoms with E-state index in [2.05, 4.69) is 25.1 Å². The molecule has 3 aromatic rings. The lowest BCUT2D eigenvalue weighted by Crippen LogP contribution is -1.99. The number of rotatable bonds is 2. The van der Waals surface area contributed by atoms with Gasteiger partial charge in [-0.1, -0.05) is 78.4 Å². The average Bonchev–Trinajstić information content (AvgIpc) is 2.63. The van der Waals surface area contributed by atoms with Gasteiger partial charge in [-0.05, 0) is 30.2 Å². The monoisotopic (exact) mass is 301 g/mol. The molecule has 0 aliphatic heterocycles. The molecule has 0 spiro atoms. The summed E-state index contributed by atoms with van der Waals surface area (Å²) in [6, 6.07) is 28.7. The Hall–Kier alpha value is -2.89. The summed E-state index contributed by atoms with van der Waals surface area (Å²) in [6.45, 7) is 2.08. The lowest BCUT2D eigenvalue weighted by molar-refractivity contribution is 0.220. The Morgan fingerprint density at radius 2 is 1.35 bits per heavy atom. The normalized spacial score (nSPS) is 10.8. The Morgan fingerprint density at radius 3 is 1.87 bits per heavy atom. The molecular formula is C21H19NO. The Balaban J connectivity index is 0.000000229. The smallest absolute Gasteiger partial charge is 0.104 e. The predicted molar refractivity (Wildman–Crippen MR) is 92.8 cm³/mol. The van der Waals surface area contributed by atoms with Gasteiger partial charge in [0.1, 0.15) is 6.10 Å². The first-order valence-corrected chi connectivity index (χ1v) is 7.45. The SMILES string of the molecule is Cc1ccccc1.N#Cc1cccc(C(O)c2ccccc2)c1. The molecule has 0 fully saturated rings. The van der Waals surface area contributed by atoms with Crippen LogP contribution in [0.4, 0.5) is 0 Å². The molecule has 3 rings (SSSR count). The van der Waals surface area contributed by atoms with E-state index in [1.54, 1.807) is 18.2 Å². The van der Waals surface area contributed by atoms with Crippen LogP contribution in [0, 0.1) is 18.3 Å².